The maximum atomic E-state index is 9.43. The van der Waals surface area contributed by atoms with Crippen molar-refractivity contribution in [3.8, 4) is 6.07 Å². The van der Waals surface area contributed by atoms with Crippen LogP contribution < -0.4 is 4.90 Å². The van der Waals surface area contributed by atoms with Gasteiger partial charge in [-0.2, -0.15) is 5.26 Å². The molecule has 0 N–H and O–H groups in total. The lowest BCUT2D eigenvalue weighted by Gasteiger charge is -2.12. The Morgan fingerprint density at radius 1 is 1.10 bits per heavy atom. The van der Waals surface area contributed by atoms with Crippen LogP contribution >= 0.6 is 0 Å². The Morgan fingerprint density at radius 2 is 1.80 bits per heavy atom. The number of nitriles is 1. The van der Waals surface area contributed by atoms with E-state index in [0.29, 0.717) is 22.7 Å². The fraction of sp³-hybridized carbons (Fsp3) is 0.267. The van der Waals surface area contributed by atoms with Crippen LogP contribution in [0.3, 0.4) is 0 Å². The number of para-hydroxylation sites is 2. The molecule has 2 aromatic heterocycles. The van der Waals surface area contributed by atoms with E-state index in [1.165, 1.54) is 0 Å². The molecule has 98 valence electrons. The predicted octanol–water partition coefficient (Wildman–Crippen LogP) is 2.85. The highest BCUT2D eigenvalue weighted by Crippen LogP contribution is 2.32. The summed E-state index contributed by atoms with van der Waals surface area (Å²) >= 11 is 0. The third-order valence-electron chi connectivity index (χ3n) is 3.69. The molecule has 1 aliphatic rings. The molecule has 5 heteroatoms. The van der Waals surface area contributed by atoms with Gasteiger partial charge in [0.1, 0.15) is 17.1 Å². The van der Waals surface area contributed by atoms with E-state index >= 15 is 0 Å². The molecule has 0 aliphatic carbocycles. The second kappa shape index (κ2) is 4.20. The molecule has 0 radical (unpaired) electrons. The highest BCUT2D eigenvalue weighted by molar-refractivity contribution is 5.90. The van der Waals surface area contributed by atoms with Crippen molar-refractivity contribution in [3.05, 3.63) is 29.8 Å². The molecule has 0 amide bonds. The first-order valence-electron chi connectivity index (χ1n) is 6.71. The zero-order valence-corrected chi connectivity index (χ0v) is 10.8. The van der Waals surface area contributed by atoms with Gasteiger partial charge in [0.2, 0.25) is 11.6 Å². The van der Waals surface area contributed by atoms with Gasteiger partial charge in [-0.3, -0.25) is 0 Å². The largest absolute Gasteiger partial charge is 0.419 e. The first kappa shape index (κ1) is 11.2. The first-order valence-corrected chi connectivity index (χ1v) is 6.71. The molecule has 0 atom stereocenters. The molecule has 0 saturated carbocycles. The molecule has 4 rings (SSSR count). The molecule has 3 heterocycles. The molecule has 0 unspecified atom stereocenters. The Kier molecular flexibility index (Phi) is 2.36. The van der Waals surface area contributed by atoms with Gasteiger partial charge in [0.15, 0.2) is 0 Å². The molecule has 1 saturated heterocycles. The monoisotopic (exact) mass is 264 g/mol. The van der Waals surface area contributed by atoms with E-state index in [9.17, 15) is 5.26 Å². The Bertz CT molecular complexity index is 840. The van der Waals surface area contributed by atoms with Crippen molar-refractivity contribution in [1.29, 1.82) is 5.26 Å². The number of benzene rings is 1. The van der Waals surface area contributed by atoms with Gasteiger partial charge in [0, 0.05) is 13.1 Å². The van der Waals surface area contributed by atoms with Crippen molar-refractivity contribution in [2.45, 2.75) is 12.8 Å². The van der Waals surface area contributed by atoms with E-state index in [4.69, 9.17) is 4.42 Å². The molecule has 0 bridgehead atoms. The quantitative estimate of drug-likeness (QED) is 0.676. The van der Waals surface area contributed by atoms with Crippen LogP contribution in [0.2, 0.25) is 0 Å². The van der Waals surface area contributed by atoms with Gasteiger partial charge in [-0.25, -0.2) is 9.97 Å². The van der Waals surface area contributed by atoms with Crippen molar-refractivity contribution in [3.63, 3.8) is 0 Å². The van der Waals surface area contributed by atoms with Gasteiger partial charge in [-0.05, 0) is 25.0 Å². The van der Waals surface area contributed by atoms with Crippen molar-refractivity contribution in [2.75, 3.05) is 18.0 Å². The van der Waals surface area contributed by atoms with Gasteiger partial charge in [0.25, 0.3) is 0 Å². The Balaban J connectivity index is 2.01. The van der Waals surface area contributed by atoms with E-state index < -0.39 is 0 Å². The number of hydrogen-bond acceptors (Lipinski definition) is 5. The van der Waals surface area contributed by atoms with Crippen LogP contribution in [-0.4, -0.2) is 23.1 Å². The molecule has 1 aliphatic heterocycles. The summed E-state index contributed by atoms with van der Waals surface area (Å²) in [5.41, 5.74) is 3.08. The van der Waals surface area contributed by atoms with E-state index in [0.717, 1.165) is 37.0 Å². The van der Waals surface area contributed by atoms with Crippen LogP contribution in [0, 0.1) is 11.3 Å². The minimum absolute atomic E-state index is 0.446. The predicted molar refractivity (Wildman–Crippen MR) is 75.5 cm³/mol. The van der Waals surface area contributed by atoms with Crippen LogP contribution in [0.5, 0.6) is 0 Å². The van der Waals surface area contributed by atoms with Crippen LogP contribution in [0.15, 0.2) is 28.7 Å². The SMILES string of the molecule is N#Cc1c(N2CCCC2)oc2nc3ccccc3nc12. The zero-order valence-electron chi connectivity index (χ0n) is 10.8. The number of furan rings is 1. The van der Waals surface area contributed by atoms with E-state index in [-0.39, 0.29) is 0 Å². The van der Waals surface area contributed by atoms with E-state index in [2.05, 4.69) is 20.9 Å². The molecule has 1 aromatic carbocycles. The van der Waals surface area contributed by atoms with Crippen molar-refractivity contribution in [1.82, 2.24) is 9.97 Å². The number of fused-ring (bicyclic) bond motifs is 2. The minimum atomic E-state index is 0.446. The average Bonchev–Trinajstić information content (AvgIpc) is 3.11. The normalized spacial score (nSPS) is 15.1. The summed E-state index contributed by atoms with van der Waals surface area (Å²) in [5, 5.41) is 9.43. The number of aromatic nitrogens is 2. The summed E-state index contributed by atoms with van der Waals surface area (Å²) in [6.45, 7) is 1.85. The molecular formula is C15H12N4O. The van der Waals surface area contributed by atoms with Gasteiger partial charge in [-0.15, -0.1) is 0 Å². The lowest BCUT2D eigenvalue weighted by Crippen LogP contribution is -2.17. The summed E-state index contributed by atoms with van der Waals surface area (Å²) in [4.78, 5) is 11.1. The molecule has 3 aromatic rings. The summed E-state index contributed by atoms with van der Waals surface area (Å²) in [5.74, 6) is 0.621. The summed E-state index contributed by atoms with van der Waals surface area (Å²) in [6.07, 6.45) is 2.26. The van der Waals surface area contributed by atoms with Crippen LogP contribution in [0.4, 0.5) is 5.88 Å². The zero-order chi connectivity index (χ0) is 13.5. The highest BCUT2D eigenvalue weighted by Gasteiger charge is 2.24. The highest BCUT2D eigenvalue weighted by atomic mass is 16.4. The van der Waals surface area contributed by atoms with Gasteiger partial charge >= 0.3 is 0 Å². The smallest absolute Gasteiger partial charge is 0.249 e. The third kappa shape index (κ3) is 1.55. The Hall–Kier alpha value is -2.61. The molecular weight excluding hydrogens is 252 g/mol. The second-order valence-corrected chi connectivity index (χ2v) is 4.95. The maximum Gasteiger partial charge on any atom is 0.249 e. The maximum absolute atomic E-state index is 9.43. The summed E-state index contributed by atoms with van der Waals surface area (Å²) < 4.78 is 5.81. The summed E-state index contributed by atoms with van der Waals surface area (Å²) in [7, 11) is 0. The van der Waals surface area contributed by atoms with E-state index in [1.807, 2.05) is 24.3 Å². The van der Waals surface area contributed by atoms with Crippen molar-refractivity contribution >= 4 is 28.1 Å². The van der Waals surface area contributed by atoms with Crippen LogP contribution in [-0.2, 0) is 0 Å². The van der Waals surface area contributed by atoms with Gasteiger partial charge < -0.3 is 9.32 Å². The summed E-state index contributed by atoms with van der Waals surface area (Å²) in [6, 6.07) is 9.84. The fourth-order valence-corrected chi connectivity index (χ4v) is 2.71. The number of nitrogens with zero attached hydrogens (tertiary/aromatic N) is 4. The number of rotatable bonds is 1. The Labute approximate surface area is 115 Å². The van der Waals surface area contributed by atoms with Crippen molar-refractivity contribution in [2.24, 2.45) is 0 Å². The van der Waals surface area contributed by atoms with Gasteiger partial charge in [0.05, 0.1) is 11.0 Å². The minimum Gasteiger partial charge on any atom is -0.419 e. The van der Waals surface area contributed by atoms with Crippen molar-refractivity contribution < 1.29 is 4.42 Å². The second-order valence-electron chi connectivity index (χ2n) is 4.95. The number of anilines is 1. The van der Waals surface area contributed by atoms with Gasteiger partial charge in [-0.1, -0.05) is 12.1 Å². The molecule has 1 fully saturated rings. The molecule has 0 spiro atoms. The topological polar surface area (TPSA) is 66.0 Å². The lowest BCUT2D eigenvalue weighted by molar-refractivity contribution is 0.588. The standard InChI is InChI=1S/C15H12N4O/c16-9-10-13-14(20-15(10)19-7-3-4-8-19)18-12-6-2-1-5-11(12)17-13/h1-2,5-6H,3-4,7-8H2. The lowest BCUT2D eigenvalue weighted by atomic mass is 10.2. The third-order valence-corrected chi connectivity index (χ3v) is 3.69. The average molecular weight is 264 g/mol. The molecule has 20 heavy (non-hydrogen) atoms. The van der Waals surface area contributed by atoms with Crippen LogP contribution in [0.1, 0.15) is 18.4 Å². The fourth-order valence-electron chi connectivity index (χ4n) is 2.71. The molecule has 5 nitrogen and oxygen atoms in total. The first-order chi connectivity index (χ1) is 9.86. The van der Waals surface area contributed by atoms with Crippen LogP contribution in [0.25, 0.3) is 22.3 Å². The van der Waals surface area contributed by atoms with E-state index in [1.54, 1.807) is 0 Å². The number of hydrogen-bond donors (Lipinski definition) is 0. The Morgan fingerprint density at radius 3 is 2.50 bits per heavy atom.